The van der Waals surface area contributed by atoms with Crippen molar-refractivity contribution in [1.82, 2.24) is 9.88 Å². The molecule has 2 aliphatic heterocycles. The lowest BCUT2D eigenvalue weighted by molar-refractivity contribution is -0.274. The fourth-order valence-electron chi connectivity index (χ4n) is 4.77. The quantitative estimate of drug-likeness (QED) is 0.598. The normalized spacial score (nSPS) is 23.9. The van der Waals surface area contributed by atoms with Crippen molar-refractivity contribution in [3.05, 3.63) is 29.5 Å². The van der Waals surface area contributed by atoms with Crippen LogP contribution in [0, 0.1) is 6.92 Å². The first-order valence-corrected chi connectivity index (χ1v) is 11.3. The van der Waals surface area contributed by atoms with Crippen molar-refractivity contribution < 1.29 is 46.8 Å². The molecule has 3 atom stereocenters. The van der Waals surface area contributed by atoms with E-state index in [-0.39, 0.29) is 36.1 Å². The second kappa shape index (κ2) is 8.68. The number of aliphatic hydroxyl groups excluding tert-OH is 1. The number of nitrogens with zero attached hydrogens (tertiary/aromatic N) is 2. The van der Waals surface area contributed by atoms with Gasteiger partial charge in [0.2, 0.25) is 0 Å². The molecule has 3 heterocycles. The smallest absolute Gasteiger partial charge is 0.483 e. The van der Waals surface area contributed by atoms with Crippen molar-refractivity contribution in [2.75, 3.05) is 13.7 Å². The van der Waals surface area contributed by atoms with Crippen LogP contribution in [0.4, 0.5) is 18.0 Å². The van der Waals surface area contributed by atoms with Gasteiger partial charge in [0.1, 0.15) is 28.7 Å². The maximum absolute atomic E-state index is 12.9. The van der Waals surface area contributed by atoms with E-state index in [1.807, 2.05) is 0 Å². The molecule has 9 nitrogen and oxygen atoms in total. The Bertz CT molecular complexity index is 1210. The molecule has 0 aliphatic carbocycles. The lowest BCUT2D eigenvalue weighted by Crippen LogP contribution is -2.46. The summed E-state index contributed by atoms with van der Waals surface area (Å²) < 4.78 is 59.0. The van der Waals surface area contributed by atoms with Gasteiger partial charge in [-0.2, -0.15) is 0 Å². The molecule has 36 heavy (non-hydrogen) atoms. The van der Waals surface area contributed by atoms with Crippen molar-refractivity contribution in [2.45, 2.75) is 70.2 Å². The number of esters is 1. The molecule has 2 unspecified atom stereocenters. The van der Waals surface area contributed by atoms with Crippen LogP contribution in [-0.2, 0) is 14.3 Å². The van der Waals surface area contributed by atoms with Crippen LogP contribution in [0.2, 0.25) is 0 Å². The largest absolute Gasteiger partial charge is 0.573 e. The lowest BCUT2D eigenvalue weighted by Gasteiger charge is -2.39. The monoisotopic (exact) mass is 512 g/mol. The fraction of sp³-hybridized carbons (Fsp3) is 0.542. The number of likely N-dealkylation sites (tertiary alicyclic amines) is 1. The molecule has 0 bridgehead atoms. The van der Waals surface area contributed by atoms with Gasteiger partial charge in [0.25, 0.3) is 0 Å². The van der Waals surface area contributed by atoms with Gasteiger partial charge in [-0.3, -0.25) is 4.90 Å². The first kappa shape index (κ1) is 25.8. The number of halogens is 3. The molecule has 1 spiro atoms. The third-order valence-electron chi connectivity index (χ3n) is 6.07. The molecule has 0 radical (unpaired) electrons. The summed E-state index contributed by atoms with van der Waals surface area (Å²) in [5, 5.41) is 11.4. The molecular formula is C24H27F3N2O7. The summed E-state index contributed by atoms with van der Waals surface area (Å²) in [6, 6.07) is 2.65. The Morgan fingerprint density at radius 3 is 2.53 bits per heavy atom. The molecule has 1 aromatic heterocycles. The van der Waals surface area contributed by atoms with Gasteiger partial charge in [0.05, 0.1) is 31.0 Å². The van der Waals surface area contributed by atoms with Crippen LogP contribution in [0.3, 0.4) is 0 Å². The number of fused-ring (bicyclic) bond motifs is 3. The summed E-state index contributed by atoms with van der Waals surface area (Å²) in [6.45, 7) is 6.64. The number of alkyl halides is 3. The Labute approximate surface area is 205 Å². The summed E-state index contributed by atoms with van der Waals surface area (Å²) in [7, 11) is 1.20. The van der Waals surface area contributed by atoms with Crippen molar-refractivity contribution >= 4 is 23.0 Å². The molecule has 196 valence electrons. The fourth-order valence-corrected chi connectivity index (χ4v) is 4.77. The number of aromatic nitrogens is 1. The highest BCUT2D eigenvalue weighted by molar-refractivity contribution is 5.87. The molecular weight excluding hydrogens is 485 g/mol. The molecule has 1 aromatic carbocycles. The first-order valence-electron chi connectivity index (χ1n) is 11.3. The first-order chi connectivity index (χ1) is 16.6. The third kappa shape index (κ3) is 4.99. The number of benzene rings is 1. The molecule has 0 saturated carbocycles. The van der Waals surface area contributed by atoms with E-state index in [0.717, 1.165) is 12.1 Å². The van der Waals surface area contributed by atoms with Gasteiger partial charge < -0.3 is 24.1 Å². The Kier molecular flexibility index (Phi) is 6.22. The molecule has 1 N–H and O–H groups in total. The summed E-state index contributed by atoms with van der Waals surface area (Å²) in [6.07, 6.45) is -6.82. The number of aryl methyl sites for hydroxylation is 1. The summed E-state index contributed by atoms with van der Waals surface area (Å²) in [5.74, 6) is -0.943. The number of methoxy groups -OCH3 is 1. The molecule has 2 aromatic rings. The minimum atomic E-state index is -4.89. The number of pyridine rings is 1. The van der Waals surface area contributed by atoms with E-state index < -0.39 is 47.5 Å². The molecule has 1 amide bonds. The van der Waals surface area contributed by atoms with Crippen LogP contribution in [0.1, 0.15) is 51.0 Å². The lowest BCUT2D eigenvalue weighted by atomic mass is 9.85. The van der Waals surface area contributed by atoms with Crippen LogP contribution < -0.4 is 9.47 Å². The molecule has 1 fully saturated rings. The van der Waals surface area contributed by atoms with E-state index in [2.05, 4.69) is 9.72 Å². The van der Waals surface area contributed by atoms with Gasteiger partial charge in [-0.05, 0) is 45.9 Å². The minimum Gasteiger partial charge on any atom is -0.483 e. The second-order valence-corrected chi connectivity index (χ2v) is 10.0. The summed E-state index contributed by atoms with van der Waals surface area (Å²) >= 11 is 0. The van der Waals surface area contributed by atoms with Crippen LogP contribution in [0.25, 0.3) is 10.9 Å². The number of ether oxygens (including phenoxy) is 4. The van der Waals surface area contributed by atoms with E-state index >= 15 is 0 Å². The zero-order valence-electron chi connectivity index (χ0n) is 20.4. The van der Waals surface area contributed by atoms with Gasteiger partial charge in [-0.25, -0.2) is 14.6 Å². The number of rotatable bonds is 2. The predicted octanol–water partition coefficient (Wildman–Crippen LogP) is 4.18. The maximum Gasteiger partial charge on any atom is 0.573 e. The Balaban J connectivity index is 1.74. The Morgan fingerprint density at radius 1 is 1.22 bits per heavy atom. The standard InChI is InChI=1S/C24H27F3N2O7/c1-12-19-18(14-8-13(34-24(25,26)27)6-7-15(14)28-12)17(30)10-23(35-19)9-16(20(31)33-5)29(11-23)21(32)36-22(2,3)4/h6-8,16-17,30H,9-11H2,1-5H3/t16-,17?,23?/m0/s1. The van der Waals surface area contributed by atoms with Crippen LogP contribution in [0.5, 0.6) is 11.5 Å². The van der Waals surface area contributed by atoms with E-state index in [0.29, 0.717) is 11.2 Å². The molecule has 2 aliphatic rings. The molecule has 1 saturated heterocycles. The number of hydrogen-bond acceptors (Lipinski definition) is 8. The van der Waals surface area contributed by atoms with Crippen LogP contribution >= 0.6 is 0 Å². The van der Waals surface area contributed by atoms with E-state index in [9.17, 15) is 27.9 Å². The Hall–Kier alpha value is -3.28. The van der Waals surface area contributed by atoms with E-state index in [1.165, 1.54) is 18.1 Å². The number of carbonyl (C=O) groups is 2. The number of aliphatic hydroxyl groups is 1. The van der Waals surface area contributed by atoms with E-state index in [4.69, 9.17) is 14.2 Å². The number of amides is 1. The summed E-state index contributed by atoms with van der Waals surface area (Å²) in [5.41, 5.74) is -0.981. The predicted molar refractivity (Wildman–Crippen MR) is 119 cm³/mol. The highest BCUT2D eigenvalue weighted by Gasteiger charge is 2.55. The van der Waals surface area contributed by atoms with Crippen molar-refractivity contribution in [1.29, 1.82) is 0 Å². The van der Waals surface area contributed by atoms with E-state index in [1.54, 1.807) is 27.7 Å². The summed E-state index contributed by atoms with van der Waals surface area (Å²) in [4.78, 5) is 31.1. The zero-order valence-corrected chi connectivity index (χ0v) is 20.4. The average molecular weight is 512 g/mol. The van der Waals surface area contributed by atoms with Gasteiger partial charge in [0, 0.05) is 23.8 Å². The molecule has 4 rings (SSSR count). The third-order valence-corrected chi connectivity index (χ3v) is 6.07. The highest BCUT2D eigenvalue weighted by Crippen LogP contribution is 2.49. The maximum atomic E-state index is 12.9. The second-order valence-electron chi connectivity index (χ2n) is 10.0. The Morgan fingerprint density at radius 2 is 1.92 bits per heavy atom. The van der Waals surface area contributed by atoms with Crippen LogP contribution in [-0.4, -0.2) is 64.3 Å². The van der Waals surface area contributed by atoms with Crippen molar-refractivity contribution in [3.63, 3.8) is 0 Å². The van der Waals surface area contributed by atoms with Gasteiger partial charge in [0.15, 0.2) is 0 Å². The number of carbonyl (C=O) groups excluding carboxylic acids is 2. The van der Waals surface area contributed by atoms with Crippen LogP contribution in [0.15, 0.2) is 18.2 Å². The minimum absolute atomic E-state index is 0.0180. The van der Waals surface area contributed by atoms with Crippen molar-refractivity contribution in [2.24, 2.45) is 0 Å². The topological polar surface area (TPSA) is 107 Å². The average Bonchev–Trinajstić information content (AvgIpc) is 3.10. The van der Waals surface area contributed by atoms with Gasteiger partial charge in [-0.1, -0.05) is 0 Å². The van der Waals surface area contributed by atoms with Gasteiger partial charge in [-0.15, -0.1) is 13.2 Å². The highest BCUT2D eigenvalue weighted by atomic mass is 19.4. The number of hydrogen-bond donors (Lipinski definition) is 1. The SMILES string of the molecule is COC(=O)[C@@H]1CC2(CC(O)c3c(c(C)nc4ccc(OC(F)(F)F)cc34)O2)CN1C(=O)OC(C)(C)C. The van der Waals surface area contributed by atoms with Crippen molar-refractivity contribution in [3.8, 4) is 11.5 Å². The zero-order chi connectivity index (χ0) is 26.6. The van der Waals surface area contributed by atoms with Gasteiger partial charge >= 0.3 is 18.4 Å². The molecule has 12 heteroatoms.